The molecule has 1 aromatic rings. The van der Waals surface area contributed by atoms with Crippen molar-refractivity contribution in [2.24, 2.45) is 0 Å². The molecule has 2 amide bonds. The van der Waals surface area contributed by atoms with Crippen LogP contribution in [-0.2, 0) is 11.3 Å². The van der Waals surface area contributed by atoms with Gasteiger partial charge in [0.2, 0.25) is 5.91 Å². The number of carboxylic acid groups (broad SMARTS) is 1. The van der Waals surface area contributed by atoms with Crippen LogP contribution in [0, 0.1) is 0 Å². The molecule has 0 unspecified atom stereocenters. The summed E-state index contributed by atoms with van der Waals surface area (Å²) in [5.74, 6) is -2.80. The SMILES string of the molecule is COc1ccc(CN2CCC(F)(F)C[C@@H](NC(=O)O)C2=O)c(OC)c1. The Labute approximate surface area is 143 Å². The number of ether oxygens (including phenoxy) is 2. The standard InChI is InChI=1S/C16H20F2N2O5/c1-24-11-4-3-10(13(7-11)25-2)9-20-6-5-16(17,18)8-12(14(20)21)19-15(22)23/h3-4,7,12,19H,5-6,8-9H2,1-2H3,(H,22,23)/t12-/m1/s1. The van der Waals surface area contributed by atoms with Crippen LogP contribution in [0.4, 0.5) is 13.6 Å². The molecule has 1 atom stereocenters. The van der Waals surface area contributed by atoms with E-state index in [-0.39, 0.29) is 13.1 Å². The first-order valence-corrected chi connectivity index (χ1v) is 7.62. The average Bonchev–Trinajstić information content (AvgIpc) is 2.65. The van der Waals surface area contributed by atoms with Crippen LogP contribution >= 0.6 is 0 Å². The molecule has 138 valence electrons. The van der Waals surface area contributed by atoms with Gasteiger partial charge in [-0.2, -0.15) is 0 Å². The third-order valence-corrected chi connectivity index (χ3v) is 4.01. The van der Waals surface area contributed by atoms with E-state index >= 15 is 0 Å². The number of amides is 2. The Morgan fingerprint density at radius 3 is 2.72 bits per heavy atom. The first-order chi connectivity index (χ1) is 11.8. The molecule has 1 heterocycles. The molecule has 0 aromatic heterocycles. The van der Waals surface area contributed by atoms with Crippen molar-refractivity contribution < 1.29 is 33.0 Å². The van der Waals surface area contributed by atoms with Crippen LogP contribution in [0.15, 0.2) is 18.2 Å². The second kappa shape index (κ2) is 7.54. The Kier molecular flexibility index (Phi) is 5.66. The third kappa shape index (κ3) is 4.71. The van der Waals surface area contributed by atoms with Gasteiger partial charge >= 0.3 is 6.09 Å². The summed E-state index contributed by atoms with van der Waals surface area (Å²) in [4.78, 5) is 24.5. The number of halogens is 2. The number of carbonyl (C=O) groups is 2. The molecule has 0 bridgehead atoms. The van der Waals surface area contributed by atoms with E-state index in [0.29, 0.717) is 17.1 Å². The maximum atomic E-state index is 13.8. The smallest absolute Gasteiger partial charge is 0.405 e. The fraction of sp³-hybridized carbons (Fsp3) is 0.500. The first kappa shape index (κ1) is 18.8. The molecular formula is C16H20F2N2O5. The van der Waals surface area contributed by atoms with Gasteiger partial charge < -0.3 is 24.8 Å². The number of carbonyl (C=O) groups excluding carboxylic acids is 1. The van der Waals surface area contributed by atoms with Gasteiger partial charge in [0.1, 0.15) is 17.5 Å². The molecule has 0 aliphatic carbocycles. The molecule has 7 nitrogen and oxygen atoms in total. The van der Waals surface area contributed by atoms with Crippen LogP contribution < -0.4 is 14.8 Å². The molecule has 0 saturated carbocycles. The van der Waals surface area contributed by atoms with E-state index < -0.39 is 36.8 Å². The van der Waals surface area contributed by atoms with Crippen LogP contribution in [0.5, 0.6) is 11.5 Å². The summed E-state index contributed by atoms with van der Waals surface area (Å²) in [5.41, 5.74) is 0.607. The minimum absolute atomic E-state index is 0.0277. The molecule has 1 saturated heterocycles. The Bertz CT molecular complexity index is 653. The molecule has 2 N–H and O–H groups in total. The van der Waals surface area contributed by atoms with Gasteiger partial charge in [-0.05, 0) is 12.1 Å². The van der Waals surface area contributed by atoms with Crippen molar-refractivity contribution in [2.75, 3.05) is 20.8 Å². The molecule has 9 heteroatoms. The number of methoxy groups -OCH3 is 2. The van der Waals surface area contributed by atoms with Crippen LogP contribution in [0.3, 0.4) is 0 Å². The van der Waals surface area contributed by atoms with Gasteiger partial charge in [-0.3, -0.25) is 4.79 Å². The lowest BCUT2D eigenvalue weighted by Crippen LogP contribution is -2.47. The summed E-state index contributed by atoms with van der Waals surface area (Å²) in [6, 6.07) is 3.48. The quantitative estimate of drug-likeness (QED) is 0.842. The van der Waals surface area contributed by atoms with Gasteiger partial charge in [0.25, 0.3) is 5.92 Å². The lowest BCUT2D eigenvalue weighted by Gasteiger charge is -2.25. The summed E-state index contributed by atoms with van der Waals surface area (Å²) in [6.07, 6.45) is -2.90. The van der Waals surface area contributed by atoms with Crippen molar-refractivity contribution >= 4 is 12.0 Å². The molecule has 1 aliphatic rings. The van der Waals surface area contributed by atoms with Gasteiger partial charge in [0.05, 0.1) is 14.2 Å². The fourth-order valence-corrected chi connectivity index (χ4v) is 2.72. The summed E-state index contributed by atoms with van der Waals surface area (Å²) in [5, 5.41) is 10.7. The van der Waals surface area contributed by atoms with Crippen LogP contribution in [0.2, 0.25) is 0 Å². The molecule has 2 rings (SSSR count). The highest BCUT2D eigenvalue weighted by atomic mass is 19.3. The number of likely N-dealkylation sites (tertiary alicyclic amines) is 1. The Balaban J connectivity index is 2.25. The van der Waals surface area contributed by atoms with Crippen molar-refractivity contribution in [3.63, 3.8) is 0 Å². The zero-order valence-corrected chi connectivity index (χ0v) is 13.9. The molecule has 0 spiro atoms. The predicted octanol–water partition coefficient (Wildman–Crippen LogP) is 2.10. The lowest BCUT2D eigenvalue weighted by atomic mass is 10.1. The number of hydrogen-bond acceptors (Lipinski definition) is 4. The van der Waals surface area contributed by atoms with Gasteiger partial charge in [-0.15, -0.1) is 0 Å². The number of alkyl halides is 2. The monoisotopic (exact) mass is 358 g/mol. The summed E-state index contributed by atoms with van der Waals surface area (Å²) in [7, 11) is 2.95. The van der Waals surface area contributed by atoms with Crippen molar-refractivity contribution in [3.8, 4) is 11.5 Å². The fourth-order valence-electron chi connectivity index (χ4n) is 2.72. The highest BCUT2D eigenvalue weighted by molar-refractivity contribution is 5.85. The molecule has 1 aromatic carbocycles. The minimum atomic E-state index is -3.12. The lowest BCUT2D eigenvalue weighted by molar-refractivity contribution is -0.133. The molecule has 1 fully saturated rings. The van der Waals surface area contributed by atoms with Crippen molar-refractivity contribution in [1.82, 2.24) is 10.2 Å². The predicted molar refractivity (Wildman–Crippen MR) is 84.1 cm³/mol. The Hall–Kier alpha value is -2.58. The summed E-state index contributed by atoms with van der Waals surface area (Å²) >= 11 is 0. The topological polar surface area (TPSA) is 88.1 Å². The van der Waals surface area contributed by atoms with E-state index in [1.54, 1.807) is 18.2 Å². The maximum absolute atomic E-state index is 13.8. The number of nitrogens with zero attached hydrogens (tertiary/aromatic N) is 1. The van der Waals surface area contributed by atoms with E-state index in [1.165, 1.54) is 19.1 Å². The second-order valence-electron chi connectivity index (χ2n) is 5.75. The van der Waals surface area contributed by atoms with Crippen LogP contribution in [0.25, 0.3) is 0 Å². The largest absolute Gasteiger partial charge is 0.497 e. The molecule has 1 aliphatic heterocycles. The third-order valence-electron chi connectivity index (χ3n) is 4.01. The Morgan fingerprint density at radius 2 is 2.12 bits per heavy atom. The van der Waals surface area contributed by atoms with Crippen molar-refractivity contribution in [2.45, 2.75) is 31.4 Å². The van der Waals surface area contributed by atoms with Crippen molar-refractivity contribution in [1.29, 1.82) is 0 Å². The summed E-state index contributed by atoms with van der Waals surface area (Å²) in [6.45, 7) is -0.154. The maximum Gasteiger partial charge on any atom is 0.405 e. The van der Waals surface area contributed by atoms with E-state index in [2.05, 4.69) is 0 Å². The minimum Gasteiger partial charge on any atom is -0.497 e. The van der Waals surface area contributed by atoms with E-state index in [4.69, 9.17) is 14.6 Å². The van der Waals surface area contributed by atoms with Gasteiger partial charge in [-0.1, -0.05) is 0 Å². The van der Waals surface area contributed by atoms with Crippen molar-refractivity contribution in [3.05, 3.63) is 23.8 Å². The first-order valence-electron chi connectivity index (χ1n) is 7.62. The number of rotatable bonds is 5. The normalized spacial score (nSPS) is 19.9. The van der Waals surface area contributed by atoms with E-state index in [9.17, 15) is 18.4 Å². The molecule has 0 radical (unpaired) electrons. The van der Waals surface area contributed by atoms with E-state index in [1.807, 2.05) is 5.32 Å². The number of nitrogens with one attached hydrogen (secondary N) is 1. The molecule has 25 heavy (non-hydrogen) atoms. The zero-order chi connectivity index (χ0) is 18.6. The highest BCUT2D eigenvalue weighted by Crippen LogP contribution is 2.31. The highest BCUT2D eigenvalue weighted by Gasteiger charge is 2.42. The Morgan fingerprint density at radius 1 is 1.40 bits per heavy atom. The van der Waals surface area contributed by atoms with Gasteiger partial charge in [0.15, 0.2) is 0 Å². The van der Waals surface area contributed by atoms with Gasteiger partial charge in [0, 0.05) is 37.6 Å². The summed E-state index contributed by atoms with van der Waals surface area (Å²) < 4.78 is 38.0. The zero-order valence-electron chi connectivity index (χ0n) is 13.9. The van der Waals surface area contributed by atoms with Gasteiger partial charge in [-0.25, -0.2) is 13.6 Å². The number of hydrogen-bond donors (Lipinski definition) is 2. The molecular weight excluding hydrogens is 338 g/mol. The van der Waals surface area contributed by atoms with E-state index in [0.717, 1.165) is 0 Å². The van der Waals surface area contributed by atoms with Crippen LogP contribution in [-0.4, -0.2) is 54.7 Å². The number of benzene rings is 1. The van der Waals surface area contributed by atoms with Crippen LogP contribution in [0.1, 0.15) is 18.4 Å². The second-order valence-corrected chi connectivity index (χ2v) is 5.75. The average molecular weight is 358 g/mol.